The van der Waals surface area contributed by atoms with Gasteiger partial charge in [0, 0.05) is 23.5 Å². The van der Waals surface area contributed by atoms with Gasteiger partial charge >= 0.3 is 6.09 Å². The minimum absolute atomic E-state index is 0.0585. The summed E-state index contributed by atoms with van der Waals surface area (Å²) < 4.78 is 31.9. The molecule has 0 spiro atoms. The number of aromatic nitrogens is 1. The number of hydrogen-bond donors (Lipinski definition) is 2. The normalized spacial score (nSPS) is 14.9. The van der Waals surface area contributed by atoms with E-state index < -0.39 is 23.6 Å². The molecule has 0 bridgehead atoms. The van der Waals surface area contributed by atoms with Gasteiger partial charge in [0.1, 0.15) is 6.61 Å². The van der Waals surface area contributed by atoms with E-state index in [2.05, 4.69) is 15.6 Å². The van der Waals surface area contributed by atoms with E-state index in [0.29, 0.717) is 24.1 Å². The average molecular weight is 437 g/mol. The van der Waals surface area contributed by atoms with Gasteiger partial charge in [0.05, 0.1) is 11.7 Å². The van der Waals surface area contributed by atoms with Gasteiger partial charge in [0.25, 0.3) is 5.91 Å². The summed E-state index contributed by atoms with van der Waals surface area (Å²) in [6, 6.07) is 13.5. The Balaban J connectivity index is 1.46. The number of halogens is 2. The predicted octanol–water partition coefficient (Wildman–Crippen LogP) is 4.92. The molecule has 0 aliphatic heterocycles. The van der Waals surface area contributed by atoms with E-state index >= 15 is 0 Å². The van der Waals surface area contributed by atoms with Crippen LogP contribution in [0.4, 0.5) is 19.3 Å². The van der Waals surface area contributed by atoms with Crippen molar-refractivity contribution in [2.45, 2.75) is 31.9 Å². The lowest BCUT2D eigenvalue weighted by Crippen LogP contribution is -2.32. The molecule has 0 radical (unpaired) electrons. The molecule has 2 amide bonds. The number of carbonyl (C=O) groups is 2. The highest BCUT2D eigenvalue weighted by atomic mass is 19.2. The molecule has 4 rings (SSSR count). The summed E-state index contributed by atoms with van der Waals surface area (Å²) in [6.45, 7) is 0.0585. The number of ether oxygens (including phenoxy) is 1. The molecule has 1 heterocycles. The van der Waals surface area contributed by atoms with Crippen LogP contribution in [0.2, 0.25) is 0 Å². The Bertz CT molecular complexity index is 1140. The molecular formula is C24H21F2N3O3. The standard InChI is InChI=1S/C24H21F2N3O3/c25-20-11-10-15(13-21(20)26)28-23(30)19-8-3-7-18-17(19)6-4-9-22(18)29-24(31)32-14-16-5-1-2-12-27-16/h1-3,5,7-8,10-13,22H,4,6,9,14H2,(H,28,30)(H,29,31)/t22-/m0/s1. The molecule has 2 N–H and O–H groups in total. The number of nitrogens with one attached hydrogen (secondary N) is 2. The van der Waals surface area contributed by atoms with Gasteiger partial charge in [0.15, 0.2) is 11.6 Å². The van der Waals surface area contributed by atoms with Gasteiger partial charge in [-0.1, -0.05) is 18.2 Å². The van der Waals surface area contributed by atoms with Crippen molar-refractivity contribution in [3.8, 4) is 0 Å². The second-order valence-electron chi connectivity index (χ2n) is 7.44. The molecule has 0 fully saturated rings. The number of rotatable bonds is 5. The zero-order valence-corrected chi connectivity index (χ0v) is 17.1. The molecule has 3 aromatic rings. The van der Waals surface area contributed by atoms with E-state index in [0.717, 1.165) is 29.7 Å². The minimum atomic E-state index is -1.04. The number of benzene rings is 2. The highest BCUT2D eigenvalue weighted by molar-refractivity contribution is 6.05. The highest BCUT2D eigenvalue weighted by Gasteiger charge is 2.26. The smallest absolute Gasteiger partial charge is 0.408 e. The summed E-state index contributed by atoms with van der Waals surface area (Å²) in [5, 5.41) is 5.47. The van der Waals surface area contributed by atoms with Crippen molar-refractivity contribution >= 4 is 17.7 Å². The number of nitrogens with zero attached hydrogens (tertiary/aromatic N) is 1. The van der Waals surface area contributed by atoms with Gasteiger partial charge in [-0.05, 0) is 60.7 Å². The monoisotopic (exact) mass is 437 g/mol. The lowest BCUT2D eigenvalue weighted by Gasteiger charge is -2.27. The summed E-state index contributed by atoms with van der Waals surface area (Å²) >= 11 is 0. The summed E-state index contributed by atoms with van der Waals surface area (Å²) in [5.41, 5.74) is 2.89. The quantitative estimate of drug-likeness (QED) is 0.594. The maximum atomic E-state index is 13.5. The molecule has 0 saturated carbocycles. The zero-order chi connectivity index (χ0) is 22.5. The van der Waals surface area contributed by atoms with Crippen molar-refractivity contribution in [3.63, 3.8) is 0 Å². The van der Waals surface area contributed by atoms with Crippen molar-refractivity contribution in [2.75, 3.05) is 5.32 Å². The third-order valence-electron chi connectivity index (χ3n) is 5.30. The van der Waals surface area contributed by atoms with Crippen molar-refractivity contribution in [1.29, 1.82) is 0 Å². The molecule has 8 heteroatoms. The maximum Gasteiger partial charge on any atom is 0.408 e. The topological polar surface area (TPSA) is 80.3 Å². The number of fused-ring (bicyclic) bond motifs is 1. The molecule has 32 heavy (non-hydrogen) atoms. The van der Waals surface area contributed by atoms with Gasteiger partial charge in [0.2, 0.25) is 0 Å². The van der Waals surface area contributed by atoms with Crippen LogP contribution in [0.5, 0.6) is 0 Å². The van der Waals surface area contributed by atoms with Crippen molar-refractivity contribution < 1.29 is 23.1 Å². The molecule has 164 valence electrons. The van der Waals surface area contributed by atoms with Crippen LogP contribution in [0, 0.1) is 11.6 Å². The Morgan fingerprint density at radius 3 is 2.72 bits per heavy atom. The summed E-state index contributed by atoms with van der Waals surface area (Å²) in [6.07, 6.45) is 3.21. The Morgan fingerprint density at radius 1 is 1.06 bits per heavy atom. The Kier molecular flexibility index (Phi) is 6.39. The molecule has 1 aromatic heterocycles. The SMILES string of the molecule is O=C(N[C@H]1CCCc2c(C(=O)Nc3ccc(F)c(F)c3)cccc21)OCc1ccccn1. The van der Waals surface area contributed by atoms with Gasteiger partial charge < -0.3 is 15.4 Å². The van der Waals surface area contributed by atoms with E-state index in [9.17, 15) is 18.4 Å². The van der Waals surface area contributed by atoms with E-state index in [1.165, 1.54) is 6.07 Å². The summed E-state index contributed by atoms with van der Waals surface area (Å²) in [7, 11) is 0. The summed E-state index contributed by atoms with van der Waals surface area (Å²) in [5.74, 6) is -2.44. The first kappa shape index (κ1) is 21.4. The lowest BCUT2D eigenvalue weighted by atomic mass is 9.84. The Hall–Kier alpha value is -3.81. The first-order valence-corrected chi connectivity index (χ1v) is 10.2. The fourth-order valence-electron chi connectivity index (χ4n) is 3.79. The van der Waals surface area contributed by atoms with Crippen molar-refractivity contribution in [3.05, 3.63) is 94.8 Å². The van der Waals surface area contributed by atoms with Crippen LogP contribution in [-0.4, -0.2) is 17.0 Å². The van der Waals surface area contributed by atoms with Gasteiger partial charge in [-0.3, -0.25) is 9.78 Å². The number of pyridine rings is 1. The molecule has 6 nitrogen and oxygen atoms in total. The number of carbonyl (C=O) groups excluding carboxylic acids is 2. The fourth-order valence-corrected chi connectivity index (χ4v) is 3.79. The maximum absolute atomic E-state index is 13.5. The number of amides is 2. The third-order valence-corrected chi connectivity index (χ3v) is 5.30. The van der Waals surface area contributed by atoms with Gasteiger partial charge in [-0.2, -0.15) is 0 Å². The van der Waals surface area contributed by atoms with Crippen LogP contribution >= 0.6 is 0 Å². The fraction of sp³-hybridized carbons (Fsp3) is 0.208. The predicted molar refractivity (Wildman–Crippen MR) is 114 cm³/mol. The molecule has 1 aliphatic carbocycles. The van der Waals surface area contributed by atoms with E-state index in [1.54, 1.807) is 30.5 Å². The van der Waals surface area contributed by atoms with Gasteiger partial charge in [-0.15, -0.1) is 0 Å². The first-order chi connectivity index (χ1) is 15.5. The third kappa shape index (κ3) is 4.91. The van der Waals surface area contributed by atoms with Crippen LogP contribution in [-0.2, 0) is 17.8 Å². The molecule has 2 aromatic carbocycles. The Morgan fingerprint density at radius 2 is 1.94 bits per heavy atom. The molecule has 0 unspecified atom stereocenters. The zero-order valence-electron chi connectivity index (χ0n) is 17.1. The van der Waals surface area contributed by atoms with Crippen LogP contribution in [0.1, 0.15) is 46.1 Å². The number of anilines is 1. The van der Waals surface area contributed by atoms with E-state index in [-0.39, 0.29) is 18.3 Å². The molecular weight excluding hydrogens is 416 g/mol. The van der Waals surface area contributed by atoms with Crippen LogP contribution in [0.15, 0.2) is 60.8 Å². The largest absolute Gasteiger partial charge is 0.443 e. The average Bonchev–Trinajstić information content (AvgIpc) is 2.80. The Labute approximate surface area is 183 Å². The van der Waals surface area contributed by atoms with E-state index in [4.69, 9.17) is 4.74 Å². The lowest BCUT2D eigenvalue weighted by molar-refractivity contribution is 0.102. The van der Waals surface area contributed by atoms with Gasteiger partial charge in [-0.25, -0.2) is 13.6 Å². The second-order valence-corrected chi connectivity index (χ2v) is 7.44. The highest BCUT2D eigenvalue weighted by Crippen LogP contribution is 2.32. The number of hydrogen-bond acceptors (Lipinski definition) is 4. The van der Waals surface area contributed by atoms with Crippen molar-refractivity contribution in [1.82, 2.24) is 10.3 Å². The molecule has 0 saturated heterocycles. The molecule has 1 aliphatic rings. The van der Waals surface area contributed by atoms with Crippen LogP contribution < -0.4 is 10.6 Å². The summed E-state index contributed by atoms with van der Waals surface area (Å²) in [4.78, 5) is 29.2. The van der Waals surface area contributed by atoms with E-state index in [1.807, 2.05) is 12.1 Å². The second kappa shape index (κ2) is 9.55. The minimum Gasteiger partial charge on any atom is -0.443 e. The van der Waals surface area contributed by atoms with Crippen LogP contribution in [0.3, 0.4) is 0 Å². The number of alkyl carbamates (subject to hydrolysis) is 1. The molecule has 1 atom stereocenters. The van der Waals surface area contributed by atoms with Crippen molar-refractivity contribution in [2.24, 2.45) is 0 Å². The van der Waals surface area contributed by atoms with Crippen LogP contribution in [0.25, 0.3) is 0 Å². The first-order valence-electron chi connectivity index (χ1n) is 10.2.